The van der Waals surface area contributed by atoms with Crippen LogP contribution in [-0.2, 0) is 0 Å². The monoisotopic (exact) mass is 618 g/mol. The van der Waals surface area contributed by atoms with E-state index in [4.69, 9.17) is 9.47 Å². The topological polar surface area (TPSA) is 59.5 Å². The maximum atomic E-state index is 14.4. The number of benzene rings is 2. The number of hydrogen-bond donors (Lipinski definition) is 1. The van der Waals surface area contributed by atoms with Gasteiger partial charge in [0.05, 0.1) is 31.5 Å². The van der Waals surface area contributed by atoms with Gasteiger partial charge < -0.3 is 14.8 Å². The number of ether oxygens (including phenoxy) is 2. The van der Waals surface area contributed by atoms with Crippen LogP contribution in [0.2, 0.25) is 19.6 Å². The molecule has 2 heterocycles. The molecule has 1 aliphatic rings. The minimum absolute atomic E-state index is 0.338. The lowest BCUT2D eigenvalue weighted by molar-refractivity contribution is 0.149. The van der Waals surface area contributed by atoms with E-state index in [1.807, 2.05) is 18.2 Å². The Morgan fingerprint density at radius 1 is 1.14 bits per heavy atom. The Bertz CT molecular complexity index is 1280. The highest BCUT2D eigenvalue weighted by Crippen LogP contribution is 2.35. The summed E-state index contributed by atoms with van der Waals surface area (Å²) < 4.78 is 27.1. The van der Waals surface area contributed by atoms with Gasteiger partial charge in [0.25, 0.3) is 0 Å². The average Bonchev–Trinajstić information content (AvgIpc) is 2.84. The Balaban J connectivity index is 1.42. The number of methoxy groups -OCH3 is 1. The third-order valence-electron chi connectivity index (χ3n) is 6.05. The van der Waals surface area contributed by atoms with Crippen molar-refractivity contribution in [3.05, 3.63) is 46.0 Å². The van der Waals surface area contributed by atoms with Crippen LogP contribution in [0, 0.1) is 26.8 Å². The lowest BCUT2D eigenvalue weighted by Crippen LogP contribution is -2.36. The number of piperidine rings is 1. The summed E-state index contributed by atoms with van der Waals surface area (Å²) in [5.74, 6) is 5.28. The number of aromatic nitrogens is 2. The lowest BCUT2D eigenvalue weighted by Gasteiger charge is -2.30. The van der Waals surface area contributed by atoms with Crippen LogP contribution in [0.5, 0.6) is 11.5 Å². The maximum absolute atomic E-state index is 14.4. The van der Waals surface area contributed by atoms with Crippen molar-refractivity contribution in [2.45, 2.75) is 32.5 Å². The zero-order valence-electron chi connectivity index (χ0n) is 21.2. The van der Waals surface area contributed by atoms with Crippen molar-refractivity contribution in [2.24, 2.45) is 5.92 Å². The van der Waals surface area contributed by atoms with Crippen molar-refractivity contribution in [3.63, 3.8) is 0 Å². The minimum Gasteiger partial charge on any atom is -0.493 e. The molecule has 0 amide bonds. The molecular weight excluding hydrogens is 586 g/mol. The summed E-state index contributed by atoms with van der Waals surface area (Å²) in [6.45, 7) is 10.4. The number of nitrogens with zero attached hydrogens (tertiary/aromatic N) is 3. The highest BCUT2D eigenvalue weighted by atomic mass is 127. The van der Waals surface area contributed by atoms with Gasteiger partial charge in [0.2, 0.25) is 0 Å². The first-order valence-electron chi connectivity index (χ1n) is 12.1. The summed E-state index contributed by atoms with van der Waals surface area (Å²) in [5.41, 5.74) is 4.50. The van der Waals surface area contributed by atoms with Gasteiger partial charge in [-0.3, -0.25) is 4.90 Å². The molecular formula is C27H32FIN4O2Si. The van der Waals surface area contributed by atoms with Gasteiger partial charge in [-0.1, -0.05) is 25.6 Å². The summed E-state index contributed by atoms with van der Waals surface area (Å²) in [5, 5.41) is 3.81. The fourth-order valence-corrected chi connectivity index (χ4v) is 5.15. The SMILES string of the molecule is COc1cc2c(Nc3ccc(I)cc3F)ncnc2cc1OCC1CCN(CC#C[Si](C)(C)C)CC1. The van der Waals surface area contributed by atoms with Crippen molar-refractivity contribution >= 4 is 53.1 Å². The third kappa shape index (κ3) is 7.08. The highest BCUT2D eigenvalue weighted by molar-refractivity contribution is 14.1. The van der Waals surface area contributed by atoms with E-state index < -0.39 is 8.07 Å². The number of likely N-dealkylation sites (tertiary alicyclic amines) is 1. The molecule has 1 saturated heterocycles. The number of fused-ring (bicyclic) bond motifs is 1. The van der Waals surface area contributed by atoms with Gasteiger partial charge in [-0.15, -0.1) is 5.54 Å². The first-order valence-corrected chi connectivity index (χ1v) is 16.7. The first kappa shape index (κ1) is 26.6. The Kier molecular flexibility index (Phi) is 8.69. The molecule has 1 aromatic heterocycles. The number of nitrogens with one attached hydrogen (secondary N) is 1. The average molecular weight is 619 g/mol. The van der Waals surface area contributed by atoms with Crippen molar-refractivity contribution in [1.29, 1.82) is 0 Å². The summed E-state index contributed by atoms with van der Waals surface area (Å²) in [7, 11) is 0.303. The van der Waals surface area contributed by atoms with Crippen LogP contribution in [0.25, 0.3) is 10.9 Å². The standard InChI is InChI=1S/C27H32FIN4O2Si/c1-34-25-15-21-24(30-18-31-27(21)32-23-7-6-20(29)14-22(23)28)16-26(25)35-17-19-8-11-33(12-9-19)10-5-13-36(2,3)4/h6-7,14-16,18-19H,8-12,17H2,1-4H3,(H,30,31,32). The van der Waals surface area contributed by atoms with E-state index in [0.29, 0.717) is 41.0 Å². The van der Waals surface area contributed by atoms with Gasteiger partial charge >= 0.3 is 0 Å². The van der Waals surface area contributed by atoms with E-state index in [1.165, 1.54) is 12.4 Å². The number of hydrogen-bond acceptors (Lipinski definition) is 6. The second-order valence-corrected chi connectivity index (χ2v) is 16.1. The molecule has 0 bridgehead atoms. The summed E-state index contributed by atoms with van der Waals surface area (Å²) in [4.78, 5) is 11.2. The Morgan fingerprint density at radius 2 is 1.92 bits per heavy atom. The summed E-state index contributed by atoms with van der Waals surface area (Å²) in [6.07, 6.45) is 3.64. The molecule has 2 aromatic carbocycles. The van der Waals surface area contributed by atoms with E-state index >= 15 is 0 Å². The Hall–Kier alpha value is -2.42. The predicted molar refractivity (Wildman–Crippen MR) is 154 cm³/mol. The molecule has 0 unspecified atom stereocenters. The van der Waals surface area contributed by atoms with E-state index in [-0.39, 0.29) is 5.82 Å². The lowest BCUT2D eigenvalue weighted by atomic mass is 9.98. The van der Waals surface area contributed by atoms with E-state index in [2.05, 4.69) is 73.9 Å². The van der Waals surface area contributed by atoms with Crippen LogP contribution in [0.15, 0.2) is 36.7 Å². The molecule has 9 heteroatoms. The van der Waals surface area contributed by atoms with Gasteiger partial charge in [-0.25, -0.2) is 14.4 Å². The van der Waals surface area contributed by atoms with Crippen molar-refractivity contribution in [2.75, 3.05) is 38.7 Å². The van der Waals surface area contributed by atoms with Gasteiger partial charge in [-0.05, 0) is 78.7 Å². The summed E-state index contributed by atoms with van der Waals surface area (Å²) in [6, 6.07) is 8.73. The van der Waals surface area contributed by atoms with E-state index in [1.54, 1.807) is 13.2 Å². The Labute approximate surface area is 227 Å². The quantitative estimate of drug-likeness (QED) is 0.196. The van der Waals surface area contributed by atoms with Crippen molar-refractivity contribution < 1.29 is 13.9 Å². The fourth-order valence-electron chi connectivity index (χ4n) is 4.09. The van der Waals surface area contributed by atoms with Crippen LogP contribution in [0.3, 0.4) is 0 Å². The van der Waals surface area contributed by atoms with Crippen LogP contribution in [0.1, 0.15) is 12.8 Å². The highest BCUT2D eigenvalue weighted by Gasteiger charge is 2.21. The van der Waals surface area contributed by atoms with Gasteiger partial charge in [0, 0.05) is 15.0 Å². The van der Waals surface area contributed by atoms with Crippen LogP contribution in [-0.4, -0.2) is 56.3 Å². The number of halogens is 2. The van der Waals surface area contributed by atoms with Gasteiger partial charge in [0.15, 0.2) is 11.5 Å². The molecule has 0 atom stereocenters. The maximum Gasteiger partial charge on any atom is 0.163 e. The smallest absolute Gasteiger partial charge is 0.163 e. The summed E-state index contributed by atoms with van der Waals surface area (Å²) >= 11 is 2.08. The fraction of sp³-hybridized carbons (Fsp3) is 0.407. The normalized spacial score (nSPS) is 14.8. The molecule has 0 aliphatic carbocycles. The first-order chi connectivity index (χ1) is 17.2. The van der Waals surface area contributed by atoms with Crippen LogP contribution >= 0.6 is 22.6 Å². The molecule has 1 fully saturated rings. The third-order valence-corrected chi connectivity index (χ3v) is 7.65. The minimum atomic E-state index is -1.31. The molecule has 0 radical (unpaired) electrons. The van der Waals surface area contributed by atoms with Gasteiger partial charge in [-0.2, -0.15) is 0 Å². The second kappa shape index (κ2) is 11.8. The Morgan fingerprint density at radius 3 is 2.61 bits per heavy atom. The van der Waals surface area contributed by atoms with Crippen LogP contribution < -0.4 is 14.8 Å². The van der Waals surface area contributed by atoms with E-state index in [0.717, 1.165) is 41.4 Å². The molecule has 1 N–H and O–H groups in total. The molecule has 0 saturated carbocycles. The molecule has 36 heavy (non-hydrogen) atoms. The number of anilines is 2. The van der Waals surface area contributed by atoms with Crippen LogP contribution in [0.4, 0.5) is 15.9 Å². The molecule has 190 valence electrons. The number of rotatable bonds is 7. The molecule has 1 aliphatic heterocycles. The predicted octanol–water partition coefficient (Wildman–Crippen LogP) is 6.10. The van der Waals surface area contributed by atoms with Crippen molar-refractivity contribution in [1.82, 2.24) is 14.9 Å². The molecule has 3 aromatic rings. The molecule has 4 rings (SSSR count). The zero-order valence-corrected chi connectivity index (χ0v) is 24.4. The zero-order chi connectivity index (χ0) is 25.7. The molecule has 0 spiro atoms. The van der Waals surface area contributed by atoms with Crippen molar-refractivity contribution in [3.8, 4) is 23.0 Å². The largest absolute Gasteiger partial charge is 0.493 e. The van der Waals surface area contributed by atoms with Gasteiger partial charge in [0.1, 0.15) is 26.0 Å². The van der Waals surface area contributed by atoms with E-state index in [9.17, 15) is 4.39 Å². The second-order valence-electron chi connectivity index (χ2n) is 10.1. The molecule has 6 nitrogen and oxygen atoms in total.